The molecule has 0 radical (unpaired) electrons. The molecule has 106 valence electrons. The zero-order chi connectivity index (χ0) is 14.4. The van der Waals surface area contributed by atoms with Crippen LogP contribution in [-0.2, 0) is 4.74 Å². The maximum absolute atomic E-state index is 11.8. The molecule has 4 heteroatoms. The van der Waals surface area contributed by atoms with Gasteiger partial charge in [0.05, 0.1) is 12.1 Å². The molecule has 2 atom stereocenters. The van der Waals surface area contributed by atoms with E-state index in [1.165, 1.54) is 16.7 Å². The van der Waals surface area contributed by atoms with Crippen molar-refractivity contribution >= 4 is 6.03 Å². The Morgan fingerprint density at radius 1 is 1.26 bits per heavy atom. The molecule has 0 saturated carbocycles. The highest BCUT2D eigenvalue weighted by atomic mass is 16.5. The van der Waals surface area contributed by atoms with E-state index in [4.69, 9.17) is 4.74 Å². The highest BCUT2D eigenvalue weighted by Gasteiger charge is 2.13. The first-order valence-corrected chi connectivity index (χ1v) is 6.59. The van der Waals surface area contributed by atoms with Crippen LogP contribution < -0.4 is 10.6 Å². The summed E-state index contributed by atoms with van der Waals surface area (Å²) >= 11 is 0. The lowest BCUT2D eigenvalue weighted by molar-refractivity contribution is 0.118. The van der Waals surface area contributed by atoms with Crippen molar-refractivity contribution in [1.82, 2.24) is 10.6 Å². The van der Waals surface area contributed by atoms with Crippen molar-refractivity contribution in [2.45, 2.75) is 39.8 Å². The summed E-state index contributed by atoms with van der Waals surface area (Å²) in [5, 5.41) is 5.75. The minimum atomic E-state index is -0.168. The van der Waals surface area contributed by atoms with Crippen LogP contribution in [0.4, 0.5) is 4.79 Å². The molecule has 1 rings (SSSR count). The Morgan fingerprint density at radius 2 is 1.84 bits per heavy atom. The number of benzene rings is 1. The highest BCUT2D eigenvalue weighted by molar-refractivity contribution is 5.74. The van der Waals surface area contributed by atoms with Gasteiger partial charge in [0.1, 0.15) is 0 Å². The molecule has 0 spiro atoms. The number of amides is 2. The number of hydrogen-bond donors (Lipinski definition) is 2. The predicted molar refractivity (Wildman–Crippen MR) is 77.3 cm³/mol. The van der Waals surface area contributed by atoms with Gasteiger partial charge in [-0.05, 0) is 44.4 Å². The molecule has 0 aliphatic carbocycles. The number of hydrogen-bond acceptors (Lipinski definition) is 2. The number of aryl methyl sites for hydroxylation is 2. The number of carbonyl (C=O) groups excluding carboxylic acids is 1. The lowest BCUT2D eigenvalue weighted by atomic mass is 9.97. The van der Waals surface area contributed by atoms with E-state index in [1.54, 1.807) is 7.11 Å². The van der Waals surface area contributed by atoms with E-state index in [9.17, 15) is 4.79 Å². The van der Waals surface area contributed by atoms with Gasteiger partial charge in [-0.1, -0.05) is 18.2 Å². The third-order valence-corrected chi connectivity index (χ3v) is 3.28. The van der Waals surface area contributed by atoms with Crippen LogP contribution in [0.25, 0.3) is 0 Å². The Labute approximate surface area is 115 Å². The van der Waals surface area contributed by atoms with Gasteiger partial charge in [-0.25, -0.2) is 4.79 Å². The lowest BCUT2D eigenvalue weighted by Crippen LogP contribution is -2.40. The van der Waals surface area contributed by atoms with Crippen molar-refractivity contribution in [3.05, 3.63) is 34.9 Å². The van der Waals surface area contributed by atoms with Crippen molar-refractivity contribution < 1.29 is 9.53 Å². The number of ether oxygens (including phenoxy) is 1. The number of urea groups is 1. The van der Waals surface area contributed by atoms with Crippen LogP contribution in [0.15, 0.2) is 18.2 Å². The third kappa shape index (κ3) is 4.56. The van der Waals surface area contributed by atoms with Crippen molar-refractivity contribution in [1.29, 1.82) is 0 Å². The molecule has 2 N–H and O–H groups in total. The summed E-state index contributed by atoms with van der Waals surface area (Å²) in [6.07, 6.45) is 0.0150. The SMILES string of the molecule is CO[C@@H](C)CNC(=O)N[C@H](C)c1c(C)cccc1C. The normalized spacial score (nSPS) is 13.7. The van der Waals surface area contributed by atoms with Crippen LogP contribution in [0.5, 0.6) is 0 Å². The van der Waals surface area contributed by atoms with Gasteiger partial charge >= 0.3 is 6.03 Å². The zero-order valence-corrected chi connectivity index (χ0v) is 12.4. The first kappa shape index (κ1) is 15.5. The largest absolute Gasteiger partial charge is 0.380 e. The molecule has 0 fully saturated rings. The molecule has 0 aliphatic rings. The van der Waals surface area contributed by atoms with Crippen molar-refractivity contribution in [2.24, 2.45) is 0 Å². The van der Waals surface area contributed by atoms with Crippen molar-refractivity contribution in [3.8, 4) is 0 Å². The van der Waals surface area contributed by atoms with Gasteiger partial charge in [0, 0.05) is 13.7 Å². The summed E-state index contributed by atoms with van der Waals surface area (Å²) in [5.41, 5.74) is 3.56. The quantitative estimate of drug-likeness (QED) is 0.859. The summed E-state index contributed by atoms with van der Waals surface area (Å²) in [5.74, 6) is 0. The Morgan fingerprint density at radius 3 is 2.37 bits per heavy atom. The van der Waals surface area contributed by atoms with Gasteiger partial charge in [0.25, 0.3) is 0 Å². The van der Waals surface area contributed by atoms with Crippen LogP contribution in [0.1, 0.15) is 36.6 Å². The van der Waals surface area contributed by atoms with Gasteiger partial charge in [-0.2, -0.15) is 0 Å². The Bertz CT molecular complexity index is 412. The van der Waals surface area contributed by atoms with Gasteiger partial charge in [-0.3, -0.25) is 0 Å². The summed E-state index contributed by atoms with van der Waals surface area (Å²) in [6, 6.07) is 5.97. The number of methoxy groups -OCH3 is 1. The summed E-state index contributed by atoms with van der Waals surface area (Å²) in [4.78, 5) is 11.8. The van der Waals surface area contributed by atoms with E-state index in [0.29, 0.717) is 6.54 Å². The van der Waals surface area contributed by atoms with Crippen LogP contribution in [-0.4, -0.2) is 25.8 Å². The maximum Gasteiger partial charge on any atom is 0.315 e. The number of carbonyl (C=O) groups is 1. The van der Waals surface area contributed by atoms with Crippen LogP contribution in [0.2, 0.25) is 0 Å². The maximum atomic E-state index is 11.8. The van der Waals surface area contributed by atoms with E-state index in [2.05, 4.69) is 36.6 Å². The number of rotatable bonds is 5. The molecule has 0 bridgehead atoms. The summed E-state index contributed by atoms with van der Waals surface area (Å²) in [6.45, 7) is 8.53. The second kappa shape index (κ2) is 7.14. The molecule has 19 heavy (non-hydrogen) atoms. The molecule has 2 amide bonds. The molecule has 4 nitrogen and oxygen atoms in total. The van der Waals surface area contributed by atoms with Crippen molar-refractivity contribution in [3.63, 3.8) is 0 Å². The van der Waals surface area contributed by atoms with Crippen molar-refractivity contribution in [2.75, 3.05) is 13.7 Å². The molecule has 0 aliphatic heterocycles. The van der Waals surface area contributed by atoms with E-state index >= 15 is 0 Å². The van der Waals surface area contributed by atoms with Gasteiger partial charge in [0.15, 0.2) is 0 Å². The fourth-order valence-electron chi connectivity index (χ4n) is 2.15. The summed E-state index contributed by atoms with van der Waals surface area (Å²) in [7, 11) is 1.63. The first-order valence-electron chi connectivity index (χ1n) is 6.59. The van der Waals surface area contributed by atoms with E-state index in [0.717, 1.165) is 0 Å². The first-order chi connectivity index (χ1) is 8.95. The fraction of sp³-hybridized carbons (Fsp3) is 0.533. The van der Waals surface area contributed by atoms with Gasteiger partial charge < -0.3 is 15.4 Å². The Kier molecular flexibility index (Phi) is 5.83. The van der Waals surface area contributed by atoms with Gasteiger partial charge in [0.2, 0.25) is 0 Å². The second-order valence-electron chi connectivity index (χ2n) is 4.93. The Hall–Kier alpha value is -1.55. The molecule has 1 aromatic carbocycles. The summed E-state index contributed by atoms with van der Waals surface area (Å²) < 4.78 is 5.09. The fourth-order valence-corrected chi connectivity index (χ4v) is 2.15. The minimum Gasteiger partial charge on any atom is -0.380 e. The molecular weight excluding hydrogens is 240 g/mol. The van der Waals surface area contributed by atoms with Gasteiger partial charge in [-0.15, -0.1) is 0 Å². The van der Waals surface area contributed by atoms with Crippen LogP contribution in [0.3, 0.4) is 0 Å². The zero-order valence-electron chi connectivity index (χ0n) is 12.4. The topological polar surface area (TPSA) is 50.4 Å². The van der Waals surface area contributed by atoms with Crippen LogP contribution in [0, 0.1) is 13.8 Å². The van der Waals surface area contributed by atoms with E-state index in [1.807, 2.05) is 19.9 Å². The average molecular weight is 264 g/mol. The molecule has 0 saturated heterocycles. The van der Waals surface area contributed by atoms with E-state index < -0.39 is 0 Å². The molecule has 0 heterocycles. The lowest BCUT2D eigenvalue weighted by Gasteiger charge is -2.20. The monoisotopic (exact) mass is 264 g/mol. The second-order valence-corrected chi connectivity index (χ2v) is 4.93. The molecule has 1 aromatic rings. The molecular formula is C15H24N2O2. The molecule has 0 unspecified atom stereocenters. The standard InChI is InChI=1S/C15H24N2O2/c1-10-7-6-8-11(2)14(10)13(4)17-15(18)16-9-12(3)19-5/h6-8,12-13H,9H2,1-5H3,(H2,16,17,18)/t12-,13+/m0/s1. The van der Waals surface area contributed by atoms with Crippen LogP contribution >= 0.6 is 0 Å². The highest BCUT2D eigenvalue weighted by Crippen LogP contribution is 2.21. The minimum absolute atomic E-state index is 0.0148. The van der Waals surface area contributed by atoms with E-state index in [-0.39, 0.29) is 18.2 Å². The smallest absolute Gasteiger partial charge is 0.315 e. The molecule has 0 aromatic heterocycles. The average Bonchev–Trinajstić information content (AvgIpc) is 2.35. The third-order valence-electron chi connectivity index (χ3n) is 3.28. The Balaban J connectivity index is 2.59. The number of nitrogens with one attached hydrogen (secondary N) is 2. The predicted octanol–water partition coefficient (Wildman–Crippen LogP) is 2.70.